The Morgan fingerprint density at radius 2 is 2.00 bits per heavy atom. The summed E-state index contributed by atoms with van der Waals surface area (Å²) in [6.45, 7) is 2.88. The van der Waals surface area contributed by atoms with Crippen LogP contribution in [0.4, 0.5) is 0 Å². The lowest BCUT2D eigenvalue weighted by atomic mass is 9.98. The zero-order valence-corrected chi connectivity index (χ0v) is 12.4. The molecule has 1 unspecified atom stereocenters. The molecule has 1 aliphatic heterocycles. The Labute approximate surface area is 122 Å². The van der Waals surface area contributed by atoms with Crippen molar-refractivity contribution in [2.45, 2.75) is 43.7 Å². The third kappa shape index (κ3) is 3.05. The Morgan fingerprint density at radius 1 is 1.25 bits per heavy atom. The van der Waals surface area contributed by atoms with Crippen LogP contribution in [0.2, 0.25) is 0 Å². The van der Waals surface area contributed by atoms with Crippen LogP contribution in [-0.2, 0) is 4.74 Å². The normalized spacial score (nSPS) is 22.9. The average Bonchev–Trinajstić information content (AvgIpc) is 3.34. The molecule has 1 aliphatic carbocycles. The molecule has 2 N–H and O–H groups in total. The topological polar surface area (TPSA) is 38.5 Å². The standard InChI is InChI=1S/C17H26N2O/c1-20-16-7-9-19(10-8-16)17(12-18)15-4-2-3-14(11-15)13-5-6-13/h2-4,11,13,16-17H,5-10,12,18H2,1H3. The van der Waals surface area contributed by atoms with Gasteiger partial charge in [0.25, 0.3) is 0 Å². The molecule has 0 spiro atoms. The predicted octanol–water partition coefficient (Wildman–Crippen LogP) is 2.67. The number of piperidine rings is 1. The Kier molecular flexibility index (Phi) is 4.39. The van der Waals surface area contributed by atoms with E-state index in [0.717, 1.165) is 31.8 Å². The van der Waals surface area contributed by atoms with Gasteiger partial charge in [0, 0.05) is 32.8 Å². The lowest BCUT2D eigenvalue weighted by Crippen LogP contribution is -2.41. The van der Waals surface area contributed by atoms with Crippen molar-refractivity contribution in [3.05, 3.63) is 35.4 Å². The van der Waals surface area contributed by atoms with E-state index >= 15 is 0 Å². The number of benzene rings is 1. The van der Waals surface area contributed by atoms with Gasteiger partial charge in [-0.1, -0.05) is 24.3 Å². The van der Waals surface area contributed by atoms with Crippen molar-refractivity contribution in [2.24, 2.45) is 5.73 Å². The molecule has 2 aliphatic rings. The highest BCUT2D eigenvalue weighted by molar-refractivity contribution is 5.31. The first-order valence-electron chi connectivity index (χ1n) is 7.88. The van der Waals surface area contributed by atoms with Crippen molar-refractivity contribution in [2.75, 3.05) is 26.7 Å². The van der Waals surface area contributed by atoms with Crippen LogP contribution in [0.3, 0.4) is 0 Å². The SMILES string of the molecule is COC1CCN(C(CN)c2cccc(C3CC3)c2)CC1. The summed E-state index contributed by atoms with van der Waals surface area (Å²) in [7, 11) is 1.82. The number of rotatable bonds is 5. The highest BCUT2D eigenvalue weighted by Crippen LogP contribution is 2.41. The van der Waals surface area contributed by atoms with Crippen LogP contribution in [0.25, 0.3) is 0 Å². The molecule has 0 radical (unpaired) electrons. The van der Waals surface area contributed by atoms with Crippen LogP contribution >= 0.6 is 0 Å². The molecule has 1 atom stereocenters. The summed E-state index contributed by atoms with van der Waals surface area (Å²) in [5.41, 5.74) is 8.97. The van der Waals surface area contributed by atoms with Gasteiger partial charge in [-0.2, -0.15) is 0 Å². The summed E-state index contributed by atoms with van der Waals surface area (Å²) < 4.78 is 5.46. The second-order valence-corrected chi connectivity index (χ2v) is 6.17. The van der Waals surface area contributed by atoms with Gasteiger partial charge in [0.1, 0.15) is 0 Å². The number of hydrogen-bond donors (Lipinski definition) is 1. The second-order valence-electron chi connectivity index (χ2n) is 6.17. The molecule has 2 fully saturated rings. The molecule has 3 heteroatoms. The fourth-order valence-electron chi connectivity index (χ4n) is 3.36. The van der Waals surface area contributed by atoms with E-state index in [1.165, 1.54) is 24.0 Å². The molecule has 110 valence electrons. The quantitative estimate of drug-likeness (QED) is 0.897. The molecule has 0 amide bonds. The maximum Gasteiger partial charge on any atom is 0.0595 e. The predicted molar refractivity (Wildman–Crippen MR) is 81.8 cm³/mol. The van der Waals surface area contributed by atoms with Gasteiger partial charge in [0.15, 0.2) is 0 Å². The minimum Gasteiger partial charge on any atom is -0.381 e. The van der Waals surface area contributed by atoms with Crippen molar-refractivity contribution in [1.82, 2.24) is 4.90 Å². The monoisotopic (exact) mass is 274 g/mol. The molecule has 1 heterocycles. The number of ether oxygens (including phenoxy) is 1. The van der Waals surface area contributed by atoms with Crippen LogP contribution in [0, 0.1) is 0 Å². The zero-order chi connectivity index (χ0) is 13.9. The third-order valence-electron chi connectivity index (χ3n) is 4.82. The Morgan fingerprint density at radius 3 is 2.60 bits per heavy atom. The van der Waals surface area contributed by atoms with Crippen LogP contribution in [0.1, 0.15) is 48.8 Å². The van der Waals surface area contributed by atoms with Gasteiger partial charge in [-0.05, 0) is 42.7 Å². The molecule has 1 saturated carbocycles. The Balaban J connectivity index is 1.71. The van der Waals surface area contributed by atoms with Gasteiger partial charge in [0.05, 0.1) is 6.10 Å². The minimum atomic E-state index is 0.367. The van der Waals surface area contributed by atoms with Gasteiger partial charge in [0.2, 0.25) is 0 Å². The third-order valence-corrected chi connectivity index (χ3v) is 4.82. The number of methoxy groups -OCH3 is 1. The molecule has 1 aromatic carbocycles. The summed E-state index contributed by atoms with van der Waals surface area (Å²) in [6.07, 6.45) is 5.39. The Hall–Kier alpha value is -0.900. The molecule has 20 heavy (non-hydrogen) atoms. The second kappa shape index (κ2) is 6.25. The van der Waals surface area contributed by atoms with E-state index < -0.39 is 0 Å². The van der Waals surface area contributed by atoms with Crippen LogP contribution in [0.5, 0.6) is 0 Å². The summed E-state index contributed by atoms with van der Waals surface area (Å²) in [5.74, 6) is 0.813. The van der Waals surface area contributed by atoms with E-state index in [2.05, 4.69) is 29.2 Å². The number of nitrogens with two attached hydrogens (primary N) is 1. The molecular weight excluding hydrogens is 248 g/mol. The largest absolute Gasteiger partial charge is 0.381 e. The molecule has 0 bridgehead atoms. The first-order valence-corrected chi connectivity index (χ1v) is 7.88. The lowest BCUT2D eigenvalue weighted by Gasteiger charge is -2.37. The highest BCUT2D eigenvalue weighted by atomic mass is 16.5. The molecule has 1 aromatic rings. The summed E-state index contributed by atoms with van der Waals surface area (Å²) in [6, 6.07) is 9.47. The van der Waals surface area contributed by atoms with Crippen molar-refractivity contribution in [3.63, 3.8) is 0 Å². The summed E-state index contributed by atoms with van der Waals surface area (Å²) >= 11 is 0. The molecule has 3 nitrogen and oxygen atoms in total. The fourth-order valence-corrected chi connectivity index (χ4v) is 3.36. The van der Waals surface area contributed by atoms with Crippen LogP contribution < -0.4 is 5.73 Å². The first kappa shape index (κ1) is 14.1. The number of nitrogens with zero attached hydrogens (tertiary/aromatic N) is 1. The summed E-state index contributed by atoms with van der Waals surface area (Å²) in [5, 5.41) is 0. The Bertz CT molecular complexity index is 436. The van der Waals surface area contributed by atoms with Crippen molar-refractivity contribution < 1.29 is 4.74 Å². The lowest BCUT2D eigenvalue weighted by molar-refractivity contribution is 0.0280. The van der Waals surface area contributed by atoms with Gasteiger partial charge < -0.3 is 10.5 Å². The average molecular weight is 274 g/mol. The smallest absolute Gasteiger partial charge is 0.0595 e. The fraction of sp³-hybridized carbons (Fsp3) is 0.647. The zero-order valence-electron chi connectivity index (χ0n) is 12.4. The van der Waals surface area contributed by atoms with Crippen molar-refractivity contribution in [1.29, 1.82) is 0 Å². The number of likely N-dealkylation sites (tertiary alicyclic amines) is 1. The van der Waals surface area contributed by atoms with E-state index in [9.17, 15) is 0 Å². The maximum absolute atomic E-state index is 6.07. The molecular formula is C17H26N2O. The molecule has 3 rings (SSSR count). The van der Waals surface area contributed by atoms with Gasteiger partial charge >= 0.3 is 0 Å². The number of hydrogen-bond acceptors (Lipinski definition) is 3. The van der Waals surface area contributed by atoms with Gasteiger partial charge in [-0.25, -0.2) is 0 Å². The van der Waals surface area contributed by atoms with Crippen LogP contribution in [0.15, 0.2) is 24.3 Å². The van der Waals surface area contributed by atoms with Crippen molar-refractivity contribution >= 4 is 0 Å². The molecule has 1 saturated heterocycles. The maximum atomic E-state index is 6.07. The summed E-state index contributed by atoms with van der Waals surface area (Å²) in [4.78, 5) is 2.53. The van der Waals surface area contributed by atoms with Crippen LogP contribution in [-0.4, -0.2) is 37.7 Å². The highest BCUT2D eigenvalue weighted by Gasteiger charge is 2.27. The van der Waals surface area contributed by atoms with E-state index in [0.29, 0.717) is 18.7 Å². The first-order chi connectivity index (χ1) is 9.81. The van der Waals surface area contributed by atoms with Crippen molar-refractivity contribution in [3.8, 4) is 0 Å². The van der Waals surface area contributed by atoms with E-state index in [-0.39, 0.29) is 0 Å². The van der Waals surface area contributed by atoms with E-state index in [1.807, 2.05) is 7.11 Å². The van der Waals surface area contributed by atoms with E-state index in [1.54, 1.807) is 0 Å². The van der Waals surface area contributed by atoms with Gasteiger partial charge in [-0.15, -0.1) is 0 Å². The van der Waals surface area contributed by atoms with E-state index in [4.69, 9.17) is 10.5 Å². The molecule has 0 aromatic heterocycles. The minimum absolute atomic E-state index is 0.367. The van der Waals surface area contributed by atoms with Gasteiger partial charge in [-0.3, -0.25) is 4.90 Å².